The molecule has 1 N–H and O–H groups in total. The average Bonchev–Trinajstić information content (AvgIpc) is 2.32. The highest BCUT2D eigenvalue weighted by molar-refractivity contribution is 9.10. The van der Waals surface area contributed by atoms with Gasteiger partial charge in [-0.15, -0.1) is 0 Å². The minimum Gasteiger partial charge on any atom is -0.444 e. The summed E-state index contributed by atoms with van der Waals surface area (Å²) in [4.78, 5) is 14.1. The molecule has 23 heavy (non-hydrogen) atoms. The molecule has 1 amide bonds. The second-order valence-corrected chi connectivity index (χ2v) is 8.68. The largest absolute Gasteiger partial charge is 0.444 e. The molecule has 0 aliphatic rings. The Morgan fingerprint density at radius 1 is 1.26 bits per heavy atom. The molecule has 1 aromatic rings. The first-order valence-electron chi connectivity index (χ1n) is 7.60. The lowest BCUT2D eigenvalue weighted by Crippen LogP contribution is -2.49. The van der Waals surface area contributed by atoms with E-state index >= 15 is 0 Å². The van der Waals surface area contributed by atoms with Crippen molar-refractivity contribution in [3.63, 3.8) is 0 Å². The molecule has 0 fully saturated rings. The maximum Gasteiger partial charge on any atom is 0.410 e. The Labute approximate surface area is 152 Å². The van der Waals surface area contributed by atoms with Gasteiger partial charge in [-0.25, -0.2) is 4.79 Å². The molecule has 0 spiro atoms. The molecular formula is C17H26BrClN2O2. The van der Waals surface area contributed by atoms with Gasteiger partial charge in [-0.3, -0.25) is 0 Å². The molecule has 0 aromatic heterocycles. The maximum atomic E-state index is 12.4. The number of hydrogen-bond acceptors (Lipinski definition) is 3. The van der Waals surface area contributed by atoms with Crippen molar-refractivity contribution in [2.45, 2.75) is 52.7 Å². The molecule has 1 rings (SSSR count). The van der Waals surface area contributed by atoms with Crippen molar-refractivity contribution in [3.05, 3.63) is 27.7 Å². The average molecular weight is 406 g/mol. The quantitative estimate of drug-likeness (QED) is 0.714. The minimum absolute atomic E-state index is 0.311. The Hall–Kier alpha value is -0.940. The Morgan fingerprint density at radius 3 is 2.35 bits per heavy atom. The molecule has 0 heterocycles. The molecule has 0 saturated heterocycles. The number of rotatable bonds is 4. The van der Waals surface area contributed by atoms with E-state index in [1.165, 1.54) is 0 Å². The number of hydrogen-bond donors (Lipinski definition) is 1. The van der Waals surface area contributed by atoms with Crippen molar-refractivity contribution < 1.29 is 9.53 Å². The van der Waals surface area contributed by atoms with E-state index in [9.17, 15) is 4.79 Å². The lowest BCUT2D eigenvalue weighted by molar-refractivity contribution is 0.00749. The van der Waals surface area contributed by atoms with Crippen LogP contribution in [0.5, 0.6) is 0 Å². The predicted molar refractivity (Wildman–Crippen MR) is 100 cm³/mol. The molecule has 0 aliphatic carbocycles. The summed E-state index contributed by atoms with van der Waals surface area (Å²) in [6, 6.07) is 5.66. The second-order valence-electron chi connectivity index (χ2n) is 7.35. The third kappa shape index (κ3) is 7.00. The van der Waals surface area contributed by atoms with Crippen LogP contribution >= 0.6 is 27.5 Å². The SMILES string of the molecule is CC(C)(C)OC(=O)N(CCNc1ccc(Br)cc1Cl)C(C)(C)C. The topological polar surface area (TPSA) is 41.6 Å². The summed E-state index contributed by atoms with van der Waals surface area (Å²) in [6.07, 6.45) is -0.311. The molecule has 1 aromatic carbocycles. The predicted octanol–water partition coefficient (Wildman–Crippen LogP) is 5.55. The highest BCUT2D eigenvalue weighted by Gasteiger charge is 2.30. The van der Waals surface area contributed by atoms with E-state index in [2.05, 4.69) is 21.2 Å². The number of nitrogens with one attached hydrogen (secondary N) is 1. The van der Waals surface area contributed by atoms with Gasteiger partial charge in [0.1, 0.15) is 5.60 Å². The second kappa shape index (κ2) is 7.75. The minimum atomic E-state index is -0.511. The third-order valence-electron chi connectivity index (χ3n) is 3.01. The van der Waals surface area contributed by atoms with Crippen molar-refractivity contribution in [3.8, 4) is 0 Å². The van der Waals surface area contributed by atoms with Gasteiger partial charge in [-0.1, -0.05) is 27.5 Å². The van der Waals surface area contributed by atoms with Crippen molar-refractivity contribution in [1.82, 2.24) is 4.90 Å². The van der Waals surface area contributed by atoms with Crippen LogP contribution in [0.15, 0.2) is 22.7 Å². The first kappa shape index (κ1) is 20.1. The summed E-state index contributed by atoms with van der Waals surface area (Å²) in [7, 11) is 0. The van der Waals surface area contributed by atoms with Gasteiger partial charge >= 0.3 is 6.09 Å². The zero-order valence-electron chi connectivity index (χ0n) is 14.7. The zero-order chi connectivity index (χ0) is 17.8. The Balaban J connectivity index is 2.70. The van der Waals surface area contributed by atoms with Gasteiger partial charge in [0.15, 0.2) is 0 Å². The van der Waals surface area contributed by atoms with Gasteiger partial charge in [0, 0.05) is 23.1 Å². The Bertz CT molecular complexity index is 551. The molecule has 0 radical (unpaired) electrons. The maximum absolute atomic E-state index is 12.4. The fourth-order valence-electron chi connectivity index (χ4n) is 1.95. The van der Waals surface area contributed by atoms with Gasteiger partial charge < -0.3 is 15.0 Å². The number of nitrogens with zero attached hydrogens (tertiary/aromatic N) is 1. The smallest absolute Gasteiger partial charge is 0.410 e. The first-order chi connectivity index (χ1) is 10.4. The van der Waals surface area contributed by atoms with Crippen molar-refractivity contribution >= 4 is 39.3 Å². The van der Waals surface area contributed by atoms with E-state index in [0.717, 1.165) is 10.2 Å². The summed E-state index contributed by atoms with van der Waals surface area (Å²) in [6.45, 7) is 12.7. The standard InChI is InChI=1S/C17H26BrClN2O2/c1-16(2,3)21(15(22)23-17(4,5)6)10-9-20-14-8-7-12(18)11-13(14)19/h7-8,11,20H,9-10H2,1-6H3. The van der Waals surface area contributed by atoms with Crippen LogP contribution in [0, 0.1) is 0 Å². The van der Waals surface area contributed by atoms with Gasteiger partial charge in [-0.05, 0) is 59.7 Å². The van der Waals surface area contributed by atoms with Gasteiger partial charge in [0.05, 0.1) is 10.7 Å². The molecule has 0 aliphatic heterocycles. The summed E-state index contributed by atoms with van der Waals surface area (Å²) >= 11 is 9.57. The number of ether oxygens (including phenoxy) is 1. The monoisotopic (exact) mass is 404 g/mol. The highest BCUT2D eigenvalue weighted by atomic mass is 79.9. The van der Waals surface area contributed by atoms with Crippen molar-refractivity contribution in [1.29, 1.82) is 0 Å². The Kier molecular flexibility index (Phi) is 6.78. The number of carbonyl (C=O) groups is 1. The third-order valence-corrected chi connectivity index (χ3v) is 3.81. The lowest BCUT2D eigenvalue weighted by atomic mass is 10.1. The zero-order valence-corrected chi connectivity index (χ0v) is 17.0. The van der Waals surface area contributed by atoms with Gasteiger partial charge in [0.25, 0.3) is 0 Å². The molecule has 6 heteroatoms. The van der Waals surface area contributed by atoms with Crippen LogP contribution < -0.4 is 5.32 Å². The van der Waals surface area contributed by atoms with Crippen LogP contribution in [-0.4, -0.2) is 35.2 Å². The summed E-state index contributed by atoms with van der Waals surface area (Å²) in [5.41, 5.74) is 0.00391. The highest BCUT2D eigenvalue weighted by Crippen LogP contribution is 2.25. The van der Waals surface area contributed by atoms with E-state index in [1.54, 1.807) is 4.90 Å². The van der Waals surface area contributed by atoms with Crippen LogP contribution in [0.25, 0.3) is 0 Å². The molecule has 130 valence electrons. The number of amides is 1. The molecular weight excluding hydrogens is 380 g/mol. The normalized spacial score (nSPS) is 12.0. The fourth-order valence-corrected chi connectivity index (χ4v) is 2.69. The number of benzene rings is 1. The molecule has 0 saturated carbocycles. The number of halogens is 2. The molecule has 4 nitrogen and oxygen atoms in total. The first-order valence-corrected chi connectivity index (χ1v) is 8.77. The van der Waals surface area contributed by atoms with Crippen molar-refractivity contribution in [2.75, 3.05) is 18.4 Å². The van der Waals surface area contributed by atoms with Crippen molar-refractivity contribution in [2.24, 2.45) is 0 Å². The summed E-state index contributed by atoms with van der Waals surface area (Å²) < 4.78 is 6.42. The summed E-state index contributed by atoms with van der Waals surface area (Å²) in [5.74, 6) is 0. The molecule has 0 atom stereocenters. The molecule has 0 bridgehead atoms. The Morgan fingerprint density at radius 2 is 1.87 bits per heavy atom. The van der Waals surface area contributed by atoms with Crippen LogP contribution in [0.3, 0.4) is 0 Å². The van der Waals surface area contributed by atoms with E-state index in [0.29, 0.717) is 18.1 Å². The number of carbonyl (C=O) groups excluding carboxylic acids is 1. The van der Waals surface area contributed by atoms with Crippen LogP contribution in [0.2, 0.25) is 5.02 Å². The molecule has 0 unspecified atom stereocenters. The van der Waals surface area contributed by atoms with Gasteiger partial charge in [-0.2, -0.15) is 0 Å². The van der Waals surface area contributed by atoms with E-state index in [1.807, 2.05) is 59.7 Å². The van der Waals surface area contributed by atoms with Crippen LogP contribution in [0.1, 0.15) is 41.5 Å². The van der Waals surface area contributed by atoms with E-state index < -0.39 is 5.60 Å². The van der Waals surface area contributed by atoms with E-state index in [-0.39, 0.29) is 11.6 Å². The van der Waals surface area contributed by atoms with Crippen LogP contribution in [-0.2, 0) is 4.74 Å². The number of anilines is 1. The van der Waals surface area contributed by atoms with Gasteiger partial charge in [0.2, 0.25) is 0 Å². The lowest BCUT2D eigenvalue weighted by Gasteiger charge is -2.37. The fraction of sp³-hybridized carbons (Fsp3) is 0.588. The summed E-state index contributed by atoms with van der Waals surface area (Å²) in [5, 5.41) is 3.90. The van der Waals surface area contributed by atoms with Crippen LogP contribution in [0.4, 0.5) is 10.5 Å². The van der Waals surface area contributed by atoms with E-state index in [4.69, 9.17) is 16.3 Å².